The zero-order valence-corrected chi connectivity index (χ0v) is 19.2. The molecule has 8 heteroatoms. The van der Waals surface area contributed by atoms with Gasteiger partial charge in [-0.2, -0.15) is 0 Å². The minimum absolute atomic E-state index is 0.110. The number of nitrogens with zero attached hydrogens (tertiary/aromatic N) is 2. The number of aryl methyl sites for hydroxylation is 1. The van der Waals surface area contributed by atoms with Gasteiger partial charge in [-0.3, -0.25) is 4.79 Å². The topological polar surface area (TPSA) is 52.1 Å². The predicted molar refractivity (Wildman–Crippen MR) is 122 cm³/mol. The number of alkyl halides is 2. The van der Waals surface area contributed by atoms with Gasteiger partial charge in [0.2, 0.25) is 0 Å². The number of thioether (sulfide) groups is 1. The second kappa shape index (κ2) is 10.6. The molecule has 0 spiro atoms. The van der Waals surface area contributed by atoms with Gasteiger partial charge in [-0.25, -0.2) is 18.7 Å². The van der Waals surface area contributed by atoms with Gasteiger partial charge in [0.05, 0.1) is 7.11 Å². The molecule has 0 unspecified atom stereocenters. The van der Waals surface area contributed by atoms with Crippen molar-refractivity contribution >= 4 is 39.6 Å². The van der Waals surface area contributed by atoms with Crippen molar-refractivity contribution in [3.8, 4) is 5.75 Å². The zero-order chi connectivity index (χ0) is 22.4. The molecule has 0 radical (unpaired) electrons. The average Bonchev–Trinajstić information content (AvgIpc) is 2.75. The van der Waals surface area contributed by atoms with Gasteiger partial charge in [0.1, 0.15) is 11.4 Å². The second-order valence-corrected chi connectivity index (χ2v) is 8.44. The van der Waals surface area contributed by atoms with Crippen LogP contribution in [-0.2, 0) is 5.75 Å². The lowest BCUT2D eigenvalue weighted by Gasteiger charge is -2.10. The van der Waals surface area contributed by atoms with E-state index >= 15 is 0 Å². The van der Waals surface area contributed by atoms with Crippen molar-refractivity contribution in [2.75, 3.05) is 7.11 Å². The molecular weight excluding hydrogens is 486 g/mol. The molecule has 0 N–H and O–H groups in total. The van der Waals surface area contributed by atoms with E-state index in [4.69, 9.17) is 4.74 Å². The Hall–Kier alpha value is -2.58. The van der Waals surface area contributed by atoms with Gasteiger partial charge in [-0.1, -0.05) is 52.0 Å². The fourth-order valence-corrected chi connectivity index (χ4v) is 4.10. The normalized spacial score (nSPS) is 11.3. The SMILES string of the molecule is COc1ccc(/C=C/C(=O)c2cccc(Br)c2)cc1CSc1nc(C)cc(C(F)F)n1. The molecule has 0 amide bonds. The van der Waals surface area contributed by atoms with Crippen LogP contribution in [-0.4, -0.2) is 22.9 Å². The molecule has 160 valence electrons. The Bertz CT molecular complexity index is 1120. The number of allylic oxidation sites excluding steroid dienone is 1. The Labute approximate surface area is 191 Å². The Kier molecular flexibility index (Phi) is 7.92. The molecule has 0 aliphatic carbocycles. The van der Waals surface area contributed by atoms with Gasteiger partial charge < -0.3 is 4.74 Å². The fourth-order valence-electron chi connectivity index (χ4n) is 2.81. The minimum Gasteiger partial charge on any atom is -0.496 e. The summed E-state index contributed by atoms with van der Waals surface area (Å²) in [5.41, 5.74) is 2.44. The second-order valence-electron chi connectivity index (χ2n) is 6.59. The van der Waals surface area contributed by atoms with Crippen LogP contribution in [0.4, 0.5) is 8.78 Å². The van der Waals surface area contributed by atoms with Crippen molar-refractivity contribution in [1.29, 1.82) is 0 Å². The lowest BCUT2D eigenvalue weighted by molar-refractivity contribution is 0.104. The monoisotopic (exact) mass is 504 g/mol. The van der Waals surface area contributed by atoms with Gasteiger partial charge in [-0.05, 0) is 48.9 Å². The van der Waals surface area contributed by atoms with E-state index in [1.807, 2.05) is 18.2 Å². The summed E-state index contributed by atoms with van der Waals surface area (Å²) < 4.78 is 32.2. The highest BCUT2D eigenvalue weighted by Gasteiger charge is 2.13. The van der Waals surface area contributed by atoms with Crippen molar-refractivity contribution in [2.45, 2.75) is 24.3 Å². The Morgan fingerprint density at radius 3 is 2.71 bits per heavy atom. The molecule has 31 heavy (non-hydrogen) atoms. The molecule has 2 aromatic carbocycles. The number of ether oxygens (including phenoxy) is 1. The third-order valence-corrected chi connectivity index (χ3v) is 5.66. The van der Waals surface area contributed by atoms with Crippen molar-refractivity contribution in [3.63, 3.8) is 0 Å². The number of methoxy groups -OCH3 is 1. The van der Waals surface area contributed by atoms with Gasteiger partial charge >= 0.3 is 0 Å². The van der Waals surface area contributed by atoms with Crippen molar-refractivity contribution in [3.05, 3.63) is 87.2 Å². The summed E-state index contributed by atoms with van der Waals surface area (Å²) in [5, 5.41) is 0.281. The van der Waals surface area contributed by atoms with Crippen LogP contribution in [0.1, 0.15) is 39.3 Å². The number of hydrogen-bond acceptors (Lipinski definition) is 5. The zero-order valence-electron chi connectivity index (χ0n) is 16.8. The maximum absolute atomic E-state index is 13.0. The summed E-state index contributed by atoms with van der Waals surface area (Å²) in [4.78, 5) is 20.5. The molecule has 4 nitrogen and oxygen atoms in total. The first kappa shape index (κ1) is 23.1. The third kappa shape index (κ3) is 6.45. The number of ketones is 1. The van der Waals surface area contributed by atoms with E-state index in [1.54, 1.807) is 44.4 Å². The molecule has 0 saturated heterocycles. The van der Waals surface area contributed by atoms with Crippen molar-refractivity contribution in [1.82, 2.24) is 9.97 Å². The van der Waals surface area contributed by atoms with Crippen molar-refractivity contribution in [2.24, 2.45) is 0 Å². The quantitative estimate of drug-likeness (QED) is 0.148. The van der Waals surface area contributed by atoms with Crippen LogP contribution in [0.5, 0.6) is 5.75 Å². The standard InChI is InChI=1S/C23H19BrF2N2O2S/c1-14-10-19(22(25)26)28-23(27-14)31-13-17-11-15(7-9-21(17)30-2)6-8-20(29)16-4-3-5-18(24)12-16/h3-12,22H,13H2,1-2H3/b8-6+. The summed E-state index contributed by atoms with van der Waals surface area (Å²) in [6, 6.07) is 14.0. The first-order chi connectivity index (χ1) is 14.9. The first-order valence-corrected chi connectivity index (χ1v) is 11.0. The Morgan fingerprint density at radius 1 is 1.19 bits per heavy atom. The van der Waals surface area contributed by atoms with Crippen LogP contribution in [0.2, 0.25) is 0 Å². The number of hydrogen-bond donors (Lipinski definition) is 0. The van der Waals surface area contributed by atoms with E-state index in [9.17, 15) is 13.6 Å². The highest BCUT2D eigenvalue weighted by atomic mass is 79.9. The predicted octanol–water partition coefficient (Wildman–Crippen LogP) is 6.68. The van der Waals surface area contributed by atoms with E-state index in [-0.39, 0.29) is 16.6 Å². The summed E-state index contributed by atoms with van der Waals surface area (Å²) in [7, 11) is 1.56. The lowest BCUT2D eigenvalue weighted by Crippen LogP contribution is -1.98. The summed E-state index contributed by atoms with van der Waals surface area (Å²) in [6.07, 6.45) is 0.598. The van der Waals surface area contributed by atoms with Gasteiger partial charge in [0, 0.05) is 27.0 Å². The summed E-state index contributed by atoms with van der Waals surface area (Å²) >= 11 is 4.61. The van der Waals surface area contributed by atoms with E-state index < -0.39 is 6.43 Å². The lowest BCUT2D eigenvalue weighted by atomic mass is 10.1. The number of benzene rings is 2. The first-order valence-electron chi connectivity index (χ1n) is 9.27. The van der Waals surface area contributed by atoms with Crippen LogP contribution in [0.3, 0.4) is 0 Å². The molecular formula is C23H19BrF2N2O2S. The highest BCUT2D eigenvalue weighted by molar-refractivity contribution is 9.10. The molecule has 1 heterocycles. The molecule has 3 aromatic rings. The van der Waals surface area contributed by atoms with Crippen LogP contribution < -0.4 is 4.74 Å². The van der Waals surface area contributed by atoms with Crippen LogP contribution in [0, 0.1) is 6.92 Å². The maximum atomic E-state index is 13.0. The van der Waals surface area contributed by atoms with Gasteiger partial charge in [0.25, 0.3) is 6.43 Å². The van der Waals surface area contributed by atoms with E-state index in [2.05, 4.69) is 25.9 Å². The van der Waals surface area contributed by atoms with Gasteiger partial charge in [0.15, 0.2) is 10.9 Å². The number of aromatic nitrogens is 2. The molecule has 0 aliphatic rings. The van der Waals surface area contributed by atoms with Gasteiger partial charge in [-0.15, -0.1) is 0 Å². The number of carbonyl (C=O) groups excluding carboxylic acids is 1. The Balaban J connectivity index is 1.77. The highest BCUT2D eigenvalue weighted by Crippen LogP contribution is 2.29. The van der Waals surface area contributed by atoms with Crippen LogP contribution in [0.15, 0.2) is 64.2 Å². The molecule has 0 aliphatic heterocycles. The average molecular weight is 505 g/mol. The van der Waals surface area contributed by atoms with E-state index in [0.717, 1.165) is 15.6 Å². The smallest absolute Gasteiger partial charge is 0.280 e. The molecule has 0 saturated carbocycles. The molecule has 0 bridgehead atoms. The molecule has 1 aromatic heterocycles. The Morgan fingerprint density at radius 2 is 2.00 bits per heavy atom. The third-order valence-electron chi connectivity index (χ3n) is 4.27. The van der Waals surface area contributed by atoms with E-state index in [1.165, 1.54) is 23.9 Å². The van der Waals surface area contributed by atoms with E-state index in [0.29, 0.717) is 22.8 Å². The molecule has 0 fully saturated rings. The minimum atomic E-state index is -2.65. The largest absolute Gasteiger partial charge is 0.496 e. The van der Waals surface area contributed by atoms with Crippen LogP contribution in [0.25, 0.3) is 6.08 Å². The number of carbonyl (C=O) groups is 1. The summed E-state index contributed by atoms with van der Waals surface area (Å²) in [5.74, 6) is 0.974. The molecule has 0 atom stereocenters. The van der Waals surface area contributed by atoms with Crippen molar-refractivity contribution < 1.29 is 18.3 Å². The maximum Gasteiger partial charge on any atom is 0.280 e. The fraction of sp³-hybridized carbons (Fsp3) is 0.174. The molecule has 3 rings (SSSR count). The summed E-state index contributed by atoms with van der Waals surface area (Å²) in [6.45, 7) is 1.66. The van der Waals surface area contributed by atoms with Crippen LogP contribution >= 0.6 is 27.7 Å². The number of rotatable bonds is 8. The number of halogens is 3.